The molecule has 0 unspecified atom stereocenters. The lowest BCUT2D eigenvalue weighted by molar-refractivity contribution is -0.120. The summed E-state index contributed by atoms with van der Waals surface area (Å²) in [6.45, 7) is 0.0370. The molecule has 0 radical (unpaired) electrons. The summed E-state index contributed by atoms with van der Waals surface area (Å²) in [7, 11) is 1.58. The van der Waals surface area contributed by atoms with Gasteiger partial charge in [-0.15, -0.1) is 0 Å². The molecule has 0 spiro atoms. The van der Waals surface area contributed by atoms with E-state index in [2.05, 4.69) is 0 Å². The maximum absolute atomic E-state index is 10.5. The van der Waals surface area contributed by atoms with Crippen molar-refractivity contribution < 1.29 is 19.4 Å². The fraction of sp³-hybridized carbons (Fsp3) is 0.364. The van der Waals surface area contributed by atoms with Crippen molar-refractivity contribution in [2.24, 2.45) is 5.73 Å². The number of methoxy groups -OCH3 is 1. The van der Waals surface area contributed by atoms with E-state index in [0.29, 0.717) is 5.75 Å². The van der Waals surface area contributed by atoms with Crippen molar-refractivity contribution >= 4 is 5.91 Å². The lowest BCUT2D eigenvalue weighted by atomic mass is 10.2. The molecular formula is C11H15NO4. The Hall–Kier alpha value is -1.75. The average Bonchev–Trinajstić information content (AvgIpc) is 2.26. The van der Waals surface area contributed by atoms with Crippen molar-refractivity contribution in [2.75, 3.05) is 13.7 Å². The Bertz CT molecular complexity index is 336. The molecule has 0 heterocycles. The molecule has 5 nitrogen and oxygen atoms in total. The minimum Gasteiger partial charge on any atom is -0.497 e. The largest absolute Gasteiger partial charge is 0.497 e. The zero-order chi connectivity index (χ0) is 12.0. The number of hydrogen-bond acceptors (Lipinski definition) is 4. The van der Waals surface area contributed by atoms with Gasteiger partial charge >= 0.3 is 0 Å². The monoisotopic (exact) mass is 225 g/mol. The van der Waals surface area contributed by atoms with Crippen LogP contribution in [0.5, 0.6) is 11.5 Å². The minimum absolute atomic E-state index is 0.0370. The Labute approximate surface area is 93.8 Å². The van der Waals surface area contributed by atoms with Crippen LogP contribution in [0.1, 0.15) is 6.42 Å². The number of aliphatic hydroxyl groups is 1. The molecule has 16 heavy (non-hydrogen) atoms. The third-order valence-corrected chi connectivity index (χ3v) is 1.94. The smallest absolute Gasteiger partial charge is 0.220 e. The Kier molecular flexibility index (Phi) is 4.60. The minimum atomic E-state index is -0.875. The third-order valence-electron chi connectivity index (χ3n) is 1.94. The molecule has 0 aliphatic carbocycles. The SMILES string of the molecule is COc1ccc(OC[C@H](O)CC(N)=O)cc1. The predicted octanol–water partition coefficient (Wildman–Crippen LogP) is 0.310. The molecule has 0 aliphatic heterocycles. The Morgan fingerprint density at radius 2 is 1.94 bits per heavy atom. The molecule has 3 N–H and O–H groups in total. The van der Waals surface area contributed by atoms with Crippen molar-refractivity contribution in [1.29, 1.82) is 0 Å². The van der Waals surface area contributed by atoms with E-state index in [9.17, 15) is 9.90 Å². The van der Waals surface area contributed by atoms with E-state index in [4.69, 9.17) is 15.2 Å². The lowest BCUT2D eigenvalue weighted by Gasteiger charge is -2.10. The van der Waals surface area contributed by atoms with Gasteiger partial charge in [0.2, 0.25) is 5.91 Å². The molecule has 5 heteroatoms. The van der Waals surface area contributed by atoms with Crippen molar-refractivity contribution in [3.63, 3.8) is 0 Å². The van der Waals surface area contributed by atoms with E-state index in [1.807, 2.05) is 0 Å². The van der Waals surface area contributed by atoms with Gasteiger partial charge in [0.15, 0.2) is 0 Å². The molecule has 88 valence electrons. The van der Waals surface area contributed by atoms with Gasteiger partial charge in [-0.2, -0.15) is 0 Å². The summed E-state index contributed by atoms with van der Waals surface area (Å²) in [6, 6.07) is 6.93. The number of carbonyl (C=O) groups excluding carboxylic acids is 1. The van der Waals surface area contributed by atoms with E-state index in [1.165, 1.54) is 0 Å². The van der Waals surface area contributed by atoms with Crippen LogP contribution in [0.25, 0.3) is 0 Å². The zero-order valence-electron chi connectivity index (χ0n) is 9.05. The van der Waals surface area contributed by atoms with E-state index in [1.54, 1.807) is 31.4 Å². The second-order valence-corrected chi connectivity index (χ2v) is 3.31. The molecule has 0 fully saturated rings. The highest BCUT2D eigenvalue weighted by Gasteiger charge is 2.08. The first-order valence-corrected chi connectivity index (χ1v) is 4.85. The number of nitrogens with two attached hydrogens (primary N) is 1. The van der Waals surface area contributed by atoms with Crippen LogP contribution in [-0.4, -0.2) is 30.8 Å². The van der Waals surface area contributed by atoms with E-state index >= 15 is 0 Å². The maximum Gasteiger partial charge on any atom is 0.220 e. The summed E-state index contributed by atoms with van der Waals surface area (Å²) < 4.78 is 10.2. The van der Waals surface area contributed by atoms with E-state index in [0.717, 1.165) is 5.75 Å². The van der Waals surface area contributed by atoms with Crippen LogP contribution in [0.15, 0.2) is 24.3 Å². The van der Waals surface area contributed by atoms with Crippen LogP contribution in [-0.2, 0) is 4.79 Å². The standard InChI is InChI=1S/C11H15NO4/c1-15-9-2-4-10(5-3-9)16-7-8(13)6-11(12)14/h2-5,8,13H,6-7H2,1H3,(H2,12,14)/t8-/m1/s1. The summed E-state index contributed by atoms with van der Waals surface area (Å²) in [6.07, 6.45) is -0.976. The number of aliphatic hydroxyl groups excluding tert-OH is 1. The maximum atomic E-state index is 10.5. The lowest BCUT2D eigenvalue weighted by Crippen LogP contribution is -2.25. The fourth-order valence-electron chi connectivity index (χ4n) is 1.16. The van der Waals surface area contributed by atoms with Crippen LogP contribution in [0.2, 0.25) is 0 Å². The molecule has 0 saturated heterocycles. The number of ether oxygens (including phenoxy) is 2. The molecule has 0 bridgehead atoms. The van der Waals surface area contributed by atoms with Gasteiger partial charge in [-0.05, 0) is 24.3 Å². The normalized spacial score (nSPS) is 11.9. The molecule has 1 aromatic rings. The number of primary amides is 1. The molecule has 0 aromatic heterocycles. The van der Waals surface area contributed by atoms with Crippen molar-refractivity contribution in [3.05, 3.63) is 24.3 Å². The second-order valence-electron chi connectivity index (χ2n) is 3.31. The molecule has 1 rings (SSSR count). The van der Waals surface area contributed by atoms with Gasteiger partial charge in [0.1, 0.15) is 18.1 Å². The van der Waals surface area contributed by atoms with Gasteiger partial charge in [0.25, 0.3) is 0 Å². The first-order chi connectivity index (χ1) is 7.61. The molecule has 1 atom stereocenters. The summed E-state index contributed by atoms with van der Waals surface area (Å²) >= 11 is 0. The molecule has 0 aliphatic rings. The summed E-state index contributed by atoms with van der Waals surface area (Å²) in [5.41, 5.74) is 4.93. The zero-order valence-corrected chi connectivity index (χ0v) is 9.05. The van der Waals surface area contributed by atoms with Crippen molar-refractivity contribution in [2.45, 2.75) is 12.5 Å². The van der Waals surface area contributed by atoms with Gasteiger partial charge in [-0.25, -0.2) is 0 Å². The molecule has 0 saturated carbocycles. The van der Waals surface area contributed by atoms with Crippen molar-refractivity contribution in [1.82, 2.24) is 0 Å². The topological polar surface area (TPSA) is 81.8 Å². The number of amides is 1. The Morgan fingerprint density at radius 3 is 2.44 bits per heavy atom. The first kappa shape index (κ1) is 12.3. The van der Waals surface area contributed by atoms with Crippen LogP contribution in [0.4, 0.5) is 0 Å². The Balaban J connectivity index is 2.39. The molecule has 1 amide bonds. The average molecular weight is 225 g/mol. The number of rotatable bonds is 6. The van der Waals surface area contributed by atoms with E-state index < -0.39 is 12.0 Å². The van der Waals surface area contributed by atoms with Crippen LogP contribution < -0.4 is 15.2 Å². The van der Waals surface area contributed by atoms with Gasteiger partial charge in [0, 0.05) is 0 Å². The second kappa shape index (κ2) is 5.97. The summed E-state index contributed by atoms with van der Waals surface area (Å²) in [5, 5.41) is 9.33. The fourth-order valence-corrected chi connectivity index (χ4v) is 1.16. The molecule has 1 aromatic carbocycles. The highest BCUT2D eigenvalue weighted by Crippen LogP contribution is 2.17. The van der Waals surface area contributed by atoms with E-state index in [-0.39, 0.29) is 13.0 Å². The highest BCUT2D eigenvalue weighted by molar-refractivity contribution is 5.74. The number of carbonyl (C=O) groups is 1. The van der Waals surface area contributed by atoms with Gasteiger partial charge in [-0.1, -0.05) is 0 Å². The highest BCUT2D eigenvalue weighted by atomic mass is 16.5. The van der Waals surface area contributed by atoms with Crippen LogP contribution in [0, 0.1) is 0 Å². The van der Waals surface area contributed by atoms with Gasteiger partial charge < -0.3 is 20.3 Å². The van der Waals surface area contributed by atoms with Gasteiger partial charge in [0.05, 0.1) is 19.6 Å². The van der Waals surface area contributed by atoms with Crippen LogP contribution >= 0.6 is 0 Å². The number of hydrogen-bond donors (Lipinski definition) is 2. The molecular weight excluding hydrogens is 210 g/mol. The third kappa shape index (κ3) is 4.18. The van der Waals surface area contributed by atoms with Crippen molar-refractivity contribution in [3.8, 4) is 11.5 Å². The number of benzene rings is 1. The Morgan fingerprint density at radius 1 is 1.38 bits per heavy atom. The van der Waals surface area contributed by atoms with Gasteiger partial charge in [-0.3, -0.25) is 4.79 Å². The quantitative estimate of drug-likeness (QED) is 0.730. The first-order valence-electron chi connectivity index (χ1n) is 4.85. The predicted molar refractivity (Wildman–Crippen MR) is 58.3 cm³/mol. The summed E-state index contributed by atoms with van der Waals surface area (Å²) in [5.74, 6) is 0.778. The summed E-state index contributed by atoms with van der Waals surface area (Å²) in [4.78, 5) is 10.5. The van der Waals surface area contributed by atoms with Crippen LogP contribution in [0.3, 0.4) is 0 Å².